The molecule has 1 atom stereocenters. The van der Waals surface area contributed by atoms with Crippen molar-refractivity contribution in [3.05, 3.63) is 83.3 Å². The van der Waals surface area contributed by atoms with Crippen LogP contribution in [0.15, 0.2) is 70.7 Å². The molecule has 0 amide bonds. The minimum Gasteiger partial charge on any atom is -0.460 e. The predicted molar refractivity (Wildman–Crippen MR) is 124 cm³/mol. The van der Waals surface area contributed by atoms with Crippen molar-refractivity contribution in [2.24, 2.45) is 0 Å². The average molecular weight is 503 g/mol. The minimum absolute atomic E-state index is 0.146. The Morgan fingerprint density at radius 3 is 2.62 bits per heavy atom. The molecule has 0 spiro atoms. The standard InChI is InChI=1S/C24H23FN2O5S2/c25-20-12-18-15-31-24(17-4-2-1-3-5-17)32-23(18)19(13-20)16-33-22-7-6-21(14-26-22)34(28,29)27-8-10-30-11-9-27/h1-7,12-14,24H,8-11,15-16H2/t24-/m1/s1. The van der Waals surface area contributed by atoms with Crippen molar-refractivity contribution in [2.45, 2.75) is 28.6 Å². The highest BCUT2D eigenvalue weighted by Gasteiger charge is 2.27. The van der Waals surface area contributed by atoms with Gasteiger partial charge in [-0.05, 0) is 24.3 Å². The maximum atomic E-state index is 14.2. The van der Waals surface area contributed by atoms with Gasteiger partial charge in [-0.25, -0.2) is 17.8 Å². The Kier molecular flexibility index (Phi) is 6.84. The molecule has 0 aliphatic carbocycles. The van der Waals surface area contributed by atoms with Crippen LogP contribution >= 0.6 is 11.8 Å². The summed E-state index contributed by atoms with van der Waals surface area (Å²) in [4.78, 5) is 4.46. The molecule has 3 aromatic rings. The van der Waals surface area contributed by atoms with E-state index in [4.69, 9.17) is 14.2 Å². The van der Waals surface area contributed by atoms with Crippen molar-refractivity contribution in [3.8, 4) is 5.75 Å². The Balaban J connectivity index is 1.31. The van der Waals surface area contributed by atoms with Gasteiger partial charge in [0.25, 0.3) is 0 Å². The average Bonchev–Trinajstić information content (AvgIpc) is 2.88. The van der Waals surface area contributed by atoms with E-state index in [-0.39, 0.29) is 17.3 Å². The van der Waals surface area contributed by atoms with E-state index in [9.17, 15) is 12.8 Å². The first-order valence-corrected chi connectivity index (χ1v) is 13.2. The first-order valence-electron chi connectivity index (χ1n) is 10.8. The zero-order valence-corrected chi connectivity index (χ0v) is 19.9. The van der Waals surface area contributed by atoms with E-state index in [1.807, 2.05) is 30.3 Å². The number of nitrogens with zero attached hydrogens (tertiary/aromatic N) is 2. The van der Waals surface area contributed by atoms with Crippen LogP contribution in [0.25, 0.3) is 0 Å². The molecule has 178 valence electrons. The molecule has 0 saturated carbocycles. The molecule has 3 heterocycles. The largest absolute Gasteiger partial charge is 0.460 e. The van der Waals surface area contributed by atoms with Crippen molar-refractivity contribution < 1.29 is 27.0 Å². The first kappa shape index (κ1) is 23.3. The van der Waals surface area contributed by atoms with E-state index < -0.39 is 16.3 Å². The maximum absolute atomic E-state index is 14.2. The number of sulfonamides is 1. The van der Waals surface area contributed by atoms with E-state index in [2.05, 4.69) is 4.98 Å². The van der Waals surface area contributed by atoms with Gasteiger partial charge in [0.1, 0.15) is 16.5 Å². The highest BCUT2D eigenvalue weighted by Crippen LogP contribution is 2.38. The molecular weight excluding hydrogens is 479 g/mol. The number of fused-ring (bicyclic) bond motifs is 1. The Morgan fingerprint density at radius 2 is 1.88 bits per heavy atom. The lowest BCUT2D eigenvalue weighted by molar-refractivity contribution is -0.112. The van der Waals surface area contributed by atoms with Crippen molar-refractivity contribution in [3.63, 3.8) is 0 Å². The molecule has 1 fully saturated rings. The third kappa shape index (κ3) is 4.96. The van der Waals surface area contributed by atoms with Crippen LogP contribution in [0.4, 0.5) is 4.39 Å². The van der Waals surface area contributed by atoms with Gasteiger partial charge < -0.3 is 14.2 Å². The molecule has 0 radical (unpaired) electrons. The molecule has 2 aromatic carbocycles. The third-order valence-corrected chi connectivity index (χ3v) is 8.46. The summed E-state index contributed by atoms with van der Waals surface area (Å²) in [5.74, 6) is 0.657. The second-order valence-corrected chi connectivity index (χ2v) is 10.8. The minimum atomic E-state index is -3.60. The molecule has 10 heteroatoms. The van der Waals surface area contributed by atoms with E-state index in [0.717, 1.165) is 5.56 Å². The van der Waals surface area contributed by atoms with Crippen molar-refractivity contribution in [2.75, 3.05) is 26.3 Å². The van der Waals surface area contributed by atoms with Gasteiger partial charge in [-0.2, -0.15) is 4.31 Å². The molecule has 7 nitrogen and oxygen atoms in total. The lowest BCUT2D eigenvalue weighted by Crippen LogP contribution is -2.40. The fourth-order valence-electron chi connectivity index (χ4n) is 3.85. The zero-order chi connectivity index (χ0) is 23.5. The van der Waals surface area contributed by atoms with E-state index in [0.29, 0.717) is 54.0 Å². The zero-order valence-electron chi connectivity index (χ0n) is 18.2. The predicted octanol–water partition coefficient (Wildman–Crippen LogP) is 4.14. The molecule has 1 aromatic heterocycles. The lowest BCUT2D eigenvalue weighted by Gasteiger charge is -2.28. The smallest absolute Gasteiger partial charge is 0.244 e. The SMILES string of the molecule is O=S(=O)(c1ccc(SCc2cc(F)cc3c2O[C@H](c2ccccc2)OC3)nc1)N1CCOCC1. The highest BCUT2D eigenvalue weighted by atomic mass is 32.2. The van der Waals surface area contributed by atoms with Crippen LogP contribution in [0.2, 0.25) is 0 Å². The van der Waals surface area contributed by atoms with Crippen LogP contribution in [0.3, 0.4) is 0 Å². The number of hydrogen-bond donors (Lipinski definition) is 0. The molecule has 2 aliphatic heterocycles. The van der Waals surface area contributed by atoms with Crippen LogP contribution in [-0.4, -0.2) is 44.0 Å². The number of aromatic nitrogens is 1. The normalized spacial score (nSPS) is 18.8. The quantitative estimate of drug-likeness (QED) is 0.469. The Labute approximate surface area is 201 Å². The topological polar surface area (TPSA) is 78.0 Å². The summed E-state index contributed by atoms with van der Waals surface area (Å²) in [5, 5.41) is 0.630. The molecule has 0 bridgehead atoms. The number of benzene rings is 2. The van der Waals surface area contributed by atoms with Crippen LogP contribution in [0, 0.1) is 5.82 Å². The first-order chi connectivity index (χ1) is 16.5. The Morgan fingerprint density at radius 1 is 1.09 bits per heavy atom. The third-order valence-electron chi connectivity index (χ3n) is 5.59. The summed E-state index contributed by atoms with van der Waals surface area (Å²) in [7, 11) is -3.60. The van der Waals surface area contributed by atoms with Crippen molar-refractivity contribution >= 4 is 21.8 Å². The van der Waals surface area contributed by atoms with Crippen LogP contribution in [0.1, 0.15) is 23.0 Å². The summed E-state index contributed by atoms with van der Waals surface area (Å²) < 4.78 is 58.3. The monoisotopic (exact) mass is 502 g/mol. The van der Waals surface area contributed by atoms with Gasteiger partial charge in [0, 0.05) is 41.7 Å². The summed E-state index contributed by atoms with van der Waals surface area (Å²) in [6.45, 7) is 1.68. The number of halogens is 1. The number of hydrogen-bond acceptors (Lipinski definition) is 7. The molecule has 0 unspecified atom stereocenters. The van der Waals surface area contributed by atoms with E-state index in [1.165, 1.54) is 34.4 Å². The molecule has 2 aliphatic rings. The van der Waals surface area contributed by atoms with Crippen LogP contribution in [0.5, 0.6) is 5.75 Å². The summed E-state index contributed by atoms with van der Waals surface area (Å²) >= 11 is 1.38. The fraction of sp³-hybridized carbons (Fsp3) is 0.292. The summed E-state index contributed by atoms with van der Waals surface area (Å²) in [5.41, 5.74) is 2.23. The number of thioether (sulfide) groups is 1. The van der Waals surface area contributed by atoms with Crippen LogP contribution in [-0.2, 0) is 31.9 Å². The fourth-order valence-corrected chi connectivity index (χ4v) is 6.01. The summed E-state index contributed by atoms with van der Waals surface area (Å²) in [6, 6.07) is 15.7. The van der Waals surface area contributed by atoms with E-state index >= 15 is 0 Å². The van der Waals surface area contributed by atoms with Gasteiger partial charge in [-0.15, -0.1) is 11.8 Å². The second-order valence-electron chi connectivity index (χ2n) is 7.86. The maximum Gasteiger partial charge on any atom is 0.244 e. The Hall–Kier alpha value is -2.50. The van der Waals surface area contributed by atoms with Gasteiger partial charge >= 0.3 is 0 Å². The second kappa shape index (κ2) is 10.0. The lowest BCUT2D eigenvalue weighted by atomic mass is 10.1. The van der Waals surface area contributed by atoms with Crippen molar-refractivity contribution in [1.29, 1.82) is 0 Å². The van der Waals surface area contributed by atoms with Gasteiger partial charge in [0.05, 0.1) is 24.8 Å². The van der Waals surface area contributed by atoms with Gasteiger partial charge in [-0.1, -0.05) is 30.3 Å². The molecular formula is C24H23FN2O5S2. The van der Waals surface area contributed by atoms with Gasteiger partial charge in [0.2, 0.25) is 16.3 Å². The van der Waals surface area contributed by atoms with Crippen molar-refractivity contribution in [1.82, 2.24) is 9.29 Å². The Bertz CT molecular complexity index is 1250. The molecule has 5 rings (SSSR count). The van der Waals surface area contributed by atoms with E-state index in [1.54, 1.807) is 12.1 Å². The summed E-state index contributed by atoms with van der Waals surface area (Å²) in [6.07, 6.45) is 0.801. The van der Waals surface area contributed by atoms with Gasteiger partial charge in [0.15, 0.2) is 0 Å². The molecule has 34 heavy (non-hydrogen) atoms. The number of rotatable bonds is 6. The number of pyridine rings is 1. The molecule has 0 N–H and O–H groups in total. The van der Waals surface area contributed by atoms with Crippen LogP contribution < -0.4 is 4.74 Å². The number of ether oxygens (including phenoxy) is 3. The van der Waals surface area contributed by atoms with Gasteiger partial charge in [-0.3, -0.25) is 0 Å². The number of morpholine rings is 1. The molecule has 1 saturated heterocycles. The highest BCUT2D eigenvalue weighted by molar-refractivity contribution is 7.98.